The molecule has 0 saturated carbocycles. The highest BCUT2D eigenvalue weighted by Gasteiger charge is 2.21. The predicted octanol–water partition coefficient (Wildman–Crippen LogP) is 1.52. The molecule has 0 aliphatic rings. The van der Waals surface area contributed by atoms with Crippen LogP contribution in [0.2, 0.25) is 0 Å². The van der Waals surface area contributed by atoms with Gasteiger partial charge in [0.15, 0.2) is 0 Å². The molecule has 0 spiro atoms. The van der Waals surface area contributed by atoms with Gasteiger partial charge < -0.3 is 15.2 Å². The van der Waals surface area contributed by atoms with Gasteiger partial charge in [-0.05, 0) is 31.5 Å². The van der Waals surface area contributed by atoms with Gasteiger partial charge in [0.25, 0.3) is 0 Å². The third-order valence-electron chi connectivity index (χ3n) is 3.13. The number of benzene rings is 1. The highest BCUT2D eigenvalue weighted by Crippen LogP contribution is 2.24. The second kappa shape index (κ2) is 8.11. The number of hydrogen-bond donors (Lipinski definition) is 3. The van der Waals surface area contributed by atoms with E-state index in [1.54, 1.807) is 0 Å². The van der Waals surface area contributed by atoms with Gasteiger partial charge in [-0.1, -0.05) is 6.92 Å². The summed E-state index contributed by atoms with van der Waals surface area (Å²) in [6.45, 7) is 4.22. The van der Waals surface area contributed by atoms with Crippen molar-refractivity contribution in [1.82, 2.24) is 4.72 Å². The fourth-order valence-corrected chi connectivity index (χ4v) is 2.93. The van der Waals surface area contributed by atoms with Gasteiger partial charge in [0, 0.05) is 19.7 Å². The summed E-state index contributed by atoms with van der Waals surface area (Å²) < 4.78 is 31.9. The van der Waals surface area contributed by atoms with Crippen molar-refractivity contribution >= 4 is 21.7 Å². The van der Waals surface area contributed by atoms with Gasteiger partial charge >= 0.3 is 5.97 Å². The van der Waals surface area contributed by atoms with Crippen molar-refractivity contribution in [3.63, 3.8) is 0 Å². The van der Waals surface area contributed by atoms with Gasteiger partial charge in [-0.2, -0.15) is 0 Å². The Kier molecular flexibility index (Phi) is 6.79. The number of carboxylic acids is 1. The van der Waals surface area contributed by atoms with Crippen molar-refractivity contribution in [2.75, 3.05) is 25.6 Å². The van der Waals surface area contributed by atoms with Crippen LogP contribution in [0.15, 0.2) is 23.1 Å². The normalized spacial score (nSPS) is 12.9. The van der Waals surface area contributed by atoms with E-state index in [2.05, 4.69) is 10.0 Å². The molecule has 8 heteroatoms. The second-order valence-electron chi connectivity index (χ2n) is 4.86. The molecule has 7 nitrogen and oxygen atoms in total. The molecule has 0 saturated heterocycles. The molecule has 0 aliphatic carbocycles. The largest absolute Gasteiger partial charge is 0.478 e. The maximum absolute atomic E-state index is 12.4. The van der Waals surface area contributed by atoms with Crippen LogP contribution < -0.4 is 10.0 Å². The number of methoxy groups -OCH3 is 1. The SMILES string of the molecule is CC[C@H](C)Nc1ccc(C(=O)O)cc1S(=O)(=O)NCCOC. The summed E-state index contributed by atoms with van der Waals surface area (Å²) in [6.07, 6.45) is 0.803. The molecular weight excluding hydrogens is 308 g/mol. The van der Waals surface area contributed by atoms with Crippen molar-refractivity contribution < 1.29 is 23.1 Å². The van der Waals surface area contributed by atoms with Crippen molar-refractivity contribution in [2.24, 2.45) is 0 Å². The summed E-state index contributed by atoms with van der Waals surface area (Å²) in [5, 5.41) is 12.1. The van der Waals surface area contributed by atoms with Gasteiger partial charge in [0.1, 0.15) is 4.90 Å². The molecule has 0 fully saturated rings. The minimum absolute atomic E-state index is 0.0589. The van der Waals surface area contributed by atoms with E-state index >= 15 is 0 Å². The Labute approximate surface area is 130 Å². The van der Waals surface area contributed by atoms with Crippen LogP contribution in [-0.4, -0.2) is 45.8 Å². The molecule has 0 amide bonds. The maximum atomic E-state index is 12.4. The molecule has 1 atom stereocenters. The van der Waals surface area contributed by atoms with Crippen LogP contribution in [0.4, 0.5) is 5.69 Å². The van der Waals surface area contributed by atoms with E-state index in [9.17, 15) is 13.2 Å². The first kappa shape index (κ1) is 18.4. The lowest BCUT2D eigenvalue weighted by Crippen LogP contribution is -2.28. The van der Waals surface area contributed by atoms with E-state index in [1.807, 2.05) is 13.8 Å². The molecular formula is C14H22N2O5S. The number of anilines is 1. The van der Waals surface area contributed by atoms with Crippen molar-refractivity contribution in [3.05, 3.63) is 23.8 Å². The molecule has 124 valence electrons. The number of nitrogens with one attached hydrogen (secondary N) is 2. The number of sulfonamides is 1. The van der Waals surface area contributed by atoms with E-state index in [4.69, 9.17) is 9.84 Å². The Hall–Kier alpha value is -1.64. The standard InChI is InChI=1S/C14H22N2O5S/c1-4-10(2)16-12-6-5-11(14(17)18)9-13(12)22(19,20)15-7-8-21-3/h5-6,9-10,15-16H,4,7-8H2,1-3H3,(H,17,18)/t10-/m0/s1. The third-order valence-corrected chi connectivity index (χ3v) is 4.63. The summed E-state index contributed by atoms with van der Waals surface area (Å²) in [7, 11) is -2.36. The number of carbonyl (C=O) groups is 1. The summed E-state index contributed by atoms with van der Waals surface area (Å²) in [5.74, 6) is -1.18. The molecule has 0 bridgehead atoms. The van der Waals surface area contributed by atoms with Gasteiger partial charge in [-0.15, -0.1) is 0 Å². The molecule has 0 aromatic heterocycles. The number of carboxylic acid groups (broad SMARTS) is 1. The fourth-order valence-electron chi connectivity index (χ4n) is 1.72. The Balaban J connectivity index is 3.21. The van der Waals surface area contributed by atoms with Crippen LogP contribution in [-0.2, 0) is 14.8 Å². The predicted molar refractivity (Wildman–Crippen MR) is 83.8 cm³/mol. The number of aromatic carboxylic acids is 1. The van der Waals surface area contributed by atoms with Crippen LogP contribution in [0, 0.1) is 0 Å². The first-order valence-corrected chi connectivity index (χ1v) is 8.42. The average Bonchev–Trinajstić information content (AvgIpc) is 2.47. The van der Waals surface area contributed by atoms with Crippen LogP contribution in [0.25, 0.3) is 0 Å². The topological polar surface area (TPSA) is 105 Å². The van der Waals surface area contributed by atoms with Crippen LogP contribution in [0.3, 0.4) is 0 Å². The Morgan fingerprint density at radius 3 is 2.64 bits per heavy atom. The average molecular weight is 330 g/mol. The zero-order valence-electron chi connectivity index (χ0n) is 12.9. The lowest BCUT2D eigenvalue weighted by Gasteiger charge is -2.17. The number of hydrogen-bond acceptors (Lipinski definition) is 5. The fraction of sp³-hybridized carbons (Fsp3) is 0.500. The van der Waals surface area contributed by atoms with E-state index in [0.29, 0.717) is 5.69 Å². The Bertz CT molecular complexity index is 616. The molecule has 0 unspecified atom stereocenters. The number of rotatable bonds is 9. The van der Waals surface area contributed by atoms with E-state index in [0.717, 1.165) is 12.5 Å². The Morgan fingerprint density at radius 1 is 1.41 bits per heavy atom. The smallest absolute Gasteiger partial charge is 0.335 e. The molecule has 3 N–H and O–H groups in total. The molecule has 1 aromatic rings. The van der Waals surface area contributed by atoms with Gasteiger partial charge in [-0.25, -0.2) is 17.9 Å². The van der Waals surface area contributed by atoms with Crippen molar-refractivity contribution in [2.45, 2.75) is 31.2 Å². The van der Waals surface area contributed by atoms with Crippen LogP contribution in [0.5, 0.6) is 0 Å². The van der Waals surface area contributed by atoms with E-state index in [-0.39, 0.29) is 29.7 Å². The Morgan fingerprint density at radius 2 is 2.09 bits per heavy atom. The molecule has 1 aromatic carbocycles. The highest BCUT2D eigenvalue weighted by molar-refractivity contribution is 7.89. The monoisotopic (exact) mass is 330 g/mol. The third kappa shape index (κ3) is 4.97. The lowest BCUT2D eigenvalue weighted by atomic mass is 10.2. The minimum atomic E-state index is -3.83. The molecule has 0 aliphatic heterocycles. The first-order valence-electron chi connectivity index (χ1n) is 6.94. The van der Waals surface area contributed by atoms with Crippen molar-refractivity contribution in [3.8, 4) is 0 Å². The molecule has 0 radical (unpaired) electrons. The van der Waals surface area contributed by atoms with Crippen molar-refractivity contribution in [1.29, 1.82) is 0 Å². The first-order chi connectivity index (χ1) is 10.3. The van der Waals surface area contributed by atoms with E-state index < -0.39 is 16.0 Å². The van der Waals surface area contributed by atoms with E-state index in [1.165, 1.54) is 19.2 Å². The molecule has 0 heterocycles. The summed E-state index contributed by atoms with van der Waals surface area (Å²) in [4.78, 5) is 11.0. The van der Waals surface area contributed by atoms with Gasteiger partial charge in [-0.3, -0.25) is 0 Å². The summed E-state index contributed by atoms with van der Waals surface area (Å²) >= 11 is 0. The minimum Gasteiger partial charge on any atom is -0.478 e. The second-order valence-corrected chi connectivity index (χ2v) is 6.60. The quantitative estimate of drug-likeness (QED) is 0.593. The van der Waals surface area contributed by atoms with Gasteiger partial charge in [0.2, 0.25) is 10.0 Å². The lowest BCUT2D eigenvalue weighted by molar-refractivity contribution is 0.0696. The van der Waals surface area contributed by atoms with Crippen LogP contribution in [0.1, 0.15) is 30.6 Å². The summed E-state index contributed by atoms with van der Waals surface area (Å²) in [5.41, 5.74) is 0.297. The molecule has 22 heavy (non-hydrogen) atoms. The molecule has 1 rings (SSSR count). The zero-order chi connectivity index (χ0) is 16.8. The number of ether oxygens (including phenoxy) is 1. The highest BCUT2D eigenvalue weighted by atomic mass is 32.2. The summed E-state index contributed by atoms with van der Waals surface area (Å²) in [6, 6.07) is 4.06. The maximum Gasteiger partial charge on any atom is 0.335 e. The van der Waals surface area contributed by atoms with Gasteiger partial charge in [0.05, 0.1) is 17.9 Å². The van der Waals surface area contributed by atoms with Crippen LogP contribution >= 0.6 is 0 Å². The zero-order valence-corrected chi connectivity index (χ0v) is 13.7.